The third-order valence-corrected chi connectivity index (χ3v) is 3.70. The summed E-state index contributed by atoms with van der Waals surface area (Å²) in [6.45, 7) is 0.951. The van der Waals surface area contributed by atoms with Gasteiger partial charge in [-0.1, -0.05) is 5.10 Å². The van der Waals surface area contributed by atoms with Gasteiger partial charge in [-0.3, -0.25) is 9.36 Å². The number of hydrogen-bond donors (Lipinski definition) is 0. The largest absolute Gasteiger partial charge is 0.461 e. The minimum atomic E-state index is -0.633. The normalized spacial score (nSPS) is 11.3. The first kappa shape index (κ1) is 17.7. The van der Waals surface area contributed by atoms with Crippen LogP contribution in [0.4, 0.5) is 4.39 Å². The lowest BCUT2D eigenvalue weighted by molar-refractivity contribution is 0.244. The second-order valence-electron chi connectivity index (χ2n) is 5.88. The summed E-state index contributed by atoms with van der Waals surface area (Å²) in [6, 6.07) is 5.17. The Balaban J connectivity index is 2.15. The Morgan fingerprint density at radius 3 is 2.50 bits per heavy atom. The predicted molar refractivity (Wildman–Crippen MR) is 92.2 cm³/mol. The van der Waals surface area contributed by atoms with E-state index in [1.54, 1.807) is 0 Å². The van der Waals surface area contributed by atoms with Crippen molar-refractivity contribution in [2.24, 2.45) is 7.05 Å². The Labute approximate surface area is 147 Å². The van der Waals surface area contributed by atoms with Gasteiger partial charge in [-0.2, -0.15) is 4.98 Å². The maximum atomic E-state index is 13.2. The molecule has 0 radical (unpaired) electrons. The van der Waals surface area contributed by atoms with Crippen molar-refractivity contribution in [3.63, 3.8) is 0 Å². The van der Waals surface area contributed by atoms with E-state index in [9.17, 15) is 14.0 Å². The quantitative estimate of drug-likeness (QED) is 0.630. The number of ether oxygens (including phenoxy) is 1. The molecule has 0 aliphatic carbocycles. The van der Waals surface area contributed by atoms with Gasteiger partial charge in [0.2, 0.25) is 0 Å². The second-order valence-corrected chi connectivity index (χ2v) is 5.88. The van der Waals surface area contributed by atoms with Crippen LogP contribution in [-0.4, -0.2) is 56.5 Å². The smallest absolute Gasteiger partial charge is 0.337 e. The number of rotatable bonds is 5. The lowest BCUT2D eigenvalue weighted by Gasteiger charge is -2.12. The zero-order valence-corrected chi connectivity index (χ0v) is 14.5. The zero-order chi connectivity index (χ0) is 18.8. The number of likely N-dealkylation sites (N-methyl/N-ethyl adjacent to an activating group) is 1. The molecule has 3 rings (SSSR count). The fraction of sp³-hybridized carbons (Fsp3) is 0.312. The zero-order valence-electron chi connectivity index (χ0n) is 14.5. The molecule has 0 bridgehead atoms. The average molecular weight is 360 g/mol. The summed E-state index contributed by atoms with van der Waals surface area (Å²) in [5.74, 6) is -0.447. The minimum Gasteiger partial charge on any atom is -0.461 e. The van der Waals surface area contributed by atoms with E-state index >= 15 is 0 Å². The van der Waals surface area contributed by atoms with Crippen molar-refractivity contribution in [2.75, 3.05) is 27.2 Å². The molecule has 0 saturated heterocycles. The highest BCUT2D eigenvalue weighted by Gasteiger charge is 2.17. The molecule has 0 aliphatic heterocycles. The van der Waals surface area contributed by atoms with Gasteiger partial charge in [0, 0.05) is 13.6 Å². The van der Waals surface area contributed by atoms with Crippen LogP contribution in [0.25, 0.3) is 16.9 Å². The van der Waals surface area contributed by atoms with Gasteiger partial charge in [0.15, 0.2) is 11.2 Å². The van der Waals surface area contributed by atoms with E-state index in [4.69, 9.17) is 4.74 Å². The summed E-state index contributed by atoms with van der Waals surface area (Å²) < 4.78 is 20.6. The van der Waals surface area contributed by atoms with Gasteiger partial charge < -0.3 is 9.64 Å². The van der Waals surface area contributed by atoms with E-state index in [0.29, 0.717) is 18.8 Å². The van der Waals surface area contributed by atoms with Crippen molar-refractivity contribution < 1.29 is 9.13 Å². The van der Waals surface area contributed by atoms with Gasteiger partial charge in [-0.05, 0) is 38.4 Å². The van der Waals surface area contributed by atoms with Crippen molar-refractivity contribution in [1.29, 1.82) is 0 Å². The molecule has 2 aromatic heterocycles. The number of benzene rings is 1. The highest BCUT2D eigenvalue weighted by Crippen LogP contribution is 2.12. The Morgan fingerprint density at radius 2 is 1.85 bits per heavy atom. The number of nitrogens with zero attached hydrogens (tertiary/aromatic N) is 6. The molecule has 0 spiro atoms. The molecule has 0 amide bonds. The van der Waals surface area contributed by atoms with Crippen LogP contribution in [0.3, 0.4) is 0 Å². The Bertz CT molecular complexity index is 1060. The molecule has 0 unspecified atom stereocenters. The van der Waals surface area contributed by atoms with Crippen LogP contribution in [0.5, 0.6) is 6.01 Å². The number of fused-ring (bicyclic) bond motifs is 1. The van der Waals surface area contributed by atoms with Crippen LogP contribution in [0.1, 0.15) is 0 Å². The molecular formula is C16H17FN6O3. The van der Waals surface area contributed by atoms with Gasteiger partial charge >= 0.3 is 11.7 Å². The highest BCUT2D eigenvalue weighted by molar-refractivity contribution is 5.70. The van der Waals surface area contributed by atoms with E-state index in [2.05, 4.69) is 15.2 Å². The first-order chi connectivity index (χ1) is 12.4. The molecular weight excluding hydrogens is 343 g/mol. The van der Waals surface area contributed by atoms with Crippen molar-refractivity contribution >= 4 is 11.2 Å². The molecule has 1 aromatic carbocycles. The summed E-state index contributed by atoms with van der Waals surface area (Å²) in [6.07, 6.45) is 0. The SMILES string of the molecule is CN(C)CCOc1nnc2c(n1)c(=O)n(C)c(=O)n2-c1ccc(F)cc1. The van der Waals surface area contributed by atoms with Gasteiger partial charge in [-0.15, -0.1) is 5.10 Å². The first-order valence-corrected chi connectivity index (χ1v) is 7.78. The van der Waals surface area contributed by atoms with E-state index < -0.39 is 17.1 Å². The predicted octanol–water partition coefficient (Wildman–Crippen LogP) is -0.0461. The third-order valence-electron chi connectivity index (χ3n) is 3.70. The first-order valence-electron chi connectivity index (χ1n) is 7.78. The van der Waals surface area contributed by atoms with Crippen molar-refractivity contribution in [3.05, 3.63) is 50.9 Å². The Hall–Kier alpha value is -3.14. The van der Waals surface area contributed by atoms with Crippen LogP contribution in [0, 0.1) is 5.82 Å². The van der Waals surface area contributed by atoms with E-state index in [1.807, 2.05) is 19.0 Å². The Morgan fingerprint density at radius 1 is 1.15 bits per heavy atom. The number of hydrogen-bond acceptors (Lipinski definition) is 7. The monoisotopic (exact) mass is 360 g/mol. The molecule has 10 heteroatoms. The number of halogens is 1. The lowest BCUT2D eigenvalue weighted by atomic mass is 10.3. The minimum absolute atomic E-state index is 0.0235. The molecule has 0 N–H and O–H groups in total. The van der Waals surface area contributed by atoms with Crippen LogP contribution < -0.4 is 16.0 Å². The van der Waals surface area contributed by atoms with Crippen LogP contribution >= 0.6 is 0 Å². The van der Waals surface area contributed by atoms with Crippen LogP contribution in [0.2, 0.25) is 0 Å². The molecule has 0 saturated carbocycles. The van der Waals surface area contributed by atoms with E-state index in [0.717, 1.165) is 9.13 Å². The summed E-state index contributed by atoms with van der Waals surface area (Å²) in [4.78, 5) is 30.9. The molecule has 0 fully saturated rings. The summed E-state index contributed by atoms with van der Waals surface area (Å²) in [5.41, 5.74) is -0.993. The maximum Gasteiger partial charge on any atom is 0.337 e. The maximum absolute atomic E-state index is 13.2. The fourth-order valence-electron chi connectivity index (χ4n) is 2.29. The van der Waals surface area contributed by atoms with Crippen molar-refractivity contribution in [2.45, 2.75) is 0 Å². The molecule has 136 valence electrons. The molecule has 9 nitrogen and oxygen atoms in total. The summed E-state index contributed by atoms with van der Waals surface area (Å²) in [5, 5.41) is 7.78. The summed E-state index contributed by atoms with van der Waals surface area (Å²) >= 11 is 0. The van der Waals surface area contributed by atoms with Gasteiger partial charge in [-0.25, -0.2) is 13.8 Å². The Kier molecular flexibility index (Phi) is 4.76. The van der Waals surface area contributed by atoms with Gasteiger partial charge in [0.25, 0.3) is 5.56 Å². The second kappa shape index (κ2) is 7.00. The molecule has 2 heterocycles. The average Bonchev–Trinajstić information content (AvgIpc) is 2.61. The lowest BCUT2D eigenvalue weighted by Crippen LogP contribution is -2.38. The van der Waals surface area contributed by atoms with E-state index in [1.165, 1.54) is 31.3 Å². The fourth-order valence-corrected chi connectivity index (χ4v) is 2.29. The topological polar surface area (TPSA) is 95.1 Å². The van der Waals surface area contributed by atoms with Crippen LogP contribution in [-0.2, 0) is 7.05 Å². The standard InChI is InChI=1S/C16H17FN6O3/c1-21(2)8-9-26-15-18-12-13(19-20-15)23(16(25)22(3)14(12)24)11-6-4-10(17)5-7-11/h4-7H,8-9H2,1-3H3. The van der Waals surface area contributed by atoms with Crippen LogP contribution in [0.15, 0.2) is 33.9 Å². The summed E-state index contributed by atoms with van der Waals surface area (Å²) in [7, 11) is 5.11. The van der Waals surface area contributed by atoms with Crippen molar-refractivity contribution in [1.82, 2.24) is 29.2 Å². The van der Waals surface area contributed by atoms with Gasteiger partial charge in [0.1, 0.15) is 12.4 Å². The number of aromatic nitrogens is 5. The van der Waals surface area contributed by atoms with E-state index in [-0.39, 0.29) is 17.2 Å². The molecule has 0 aliphatic rings. The molecule has 26 heavy (non-hydrogen) atoms. The van der Waals surface area contributed by atoms with Crippen molar-refractivity contribution in [3.8, 4) is 11.7 Å². The molecule has 0 atom stereocenters. The van der Waals surface area contributed by atoms with Gasteiger partial charge in [0.05, 0.1) is 5.69 Å². The highest BCUT2D eigenvalue weighted by atomic mass is 19.1. The molecule has 3 aromatic rings. The third kappa shape index (κ3) is 3.31.